The van der Waals surface area contributed by atoms with Gasteiger partial charge in [0.2, 0.25) is 0 Å². The highest BCUT2D eigenvalue weighted by Crippen LogP contribution is 2.33. The van der Waals surface area contributed by atoms with Crippen molar-refractivity contribution < 1.29 is 14.0 Å². The fourth-order valence-electron chi connectivity index (χ4n) is 2.15. The Balaban J connectivity index is 2.11. The van der Waals surface area contributed by atoms with E-state index in [2.05, 4.69) is 21.1 Å². The standard InChI is InChI=1S/C16H11BrFNO2/c17-12-3-1-2-11(8-12)15-14(9-20)16(21-19-15)10-4-6-13(18)7-5-10/h1-8,20H,9H2. The lowest BCUT2D eigenvalue weighted by Gasteiger charge is -2.02. The van der Waals surface area contributed by atoms with E-state index >= 15 is 0 Å². The first-order valence-corrected chi connectivity index (χ1v) is 7.09. The molecule has 0 aliphatic rings. The van der Waals surface area contributed by atoms with E-state index < -0.39 is 0 Å². The van der Waals surface area contributed by atoms with Crippen LogP contribution < -0.4 is 0 Å². The second kappa shape index (κ2) is 5.79. The Morgan fingerprint density at radius 2 is 1.86 bits per heavy atom. The van der Waals surface area contributed by atoms with Crippen molar-refractivity contribution in [2.45, 2.75) is 6.61 Å². The van der Waals surface area contributed by atoms with E-state index in [0.29, 0.717) is 22.6 Å². The lowest BCUT2D eigenvalue weighted by molar-refractivity contribution is 0.281. The molecule has 0 unspecified atom stereocenters. The molecule has 1 heterocycles. The lowest BCUT2D eigenvalue weighted by atomic mass is 10.0. The maximum Gasteiger partial charge on any atom is 0.173 e. The van der Waals surface area contributed by atoms with Gasteiger partial charge in [-0.1, -0.05) is 33.2 Å². The van der Waals surface area contributed by atoms with E-state index in [1.54, 1.807) is 12.1 Å². The van der Waals surface area contributed by atoms with Gasteiger partial charge < -0.3 is 9.63 Å². The molecule has 106 valence electrons. The van der Waals surface area contributed by atoms with E-state index in [1.165, 1.54) is 12.1 Å². The van der Waals surface area contributed by atoms with E-state index in [0.717, 1.165) is 10.0 Å². The molecule has 2 aromatic carbocycles. The first-order valence-electron chi connectivity index (χ1n) is 6.30. The van der Waals surface area contributed by atoms with Gasteiger partial charge in [-0.3, -0.25) is 0 Å². The molecule has 3 aromatic rings. The van der Waals surface area contributed by atoms with E-state index in [-0.39, 0.29) is 12.4 Å². The van der Waals surface area contributed by atoms with Crippen LogP contribution in [0.1, 0.15) is 5.56 Å². The molecule has 3 nitrogen and oxygen atoms in total. The van der Waals surface area contributed by atoms with Gasteiger partial charge in [0.15, 0.2) is 5.76 Å². The van der Waals surface area contributed by atoms with Crippen LogP contribution in [-0.4, -0.2) is 10.3 Å². The second-order valence-electron chi connectivity index (χ2n) is 4.51. The summed E-state index contributed by atoms with van der Waals surface area (Å²) < 4.78 is 19.3. The molecule has 0 aliphatic carbocycles. The highest BCUT2D eigenvalue weighted by Gasteiger charge is 2.18. The van der Waals surface area contributed by atoms with Gasteiger partial charge in [-0.25, -0.2) is 4.39 Å². The quantitative estimate of drug-likeness (QED) is 0.763. The minimum Gasteiger partial charge on any atom is -0.391 e. The van der Waals surface area contributed by atoms with E-state index in [9.17, 15) is 9.50 Å². The molecule has 0 bridgehead atoms. The SMILES string of the molecule is OCc1c(-c2cccc(Br)c2)noc1-c1ccc(F)cc1. The van der Waals surface area contributed by atoms with Crippen LogP contribution in [0.3, 0.4) is 0 Å². The van der Waals surface area contributed by atoms with Crippen molar-refractivity contribution in [1.29, 1.82) is 0 Å². The predicted octanol–water partition coefficient (Wildman–Crippen LogP) is 4.40. The molecule has 0 fully saturated rings. The number of aromatic nitrogens is 1. The number of aliphatic hydroxyl groups excluding tert-OH is 1. The molecule has 5 heteroatoms. The second-order valence-corrected chi connectivity index (χ2v) is 5.43. The number of rotatable bonds is 3. The summed E-state index contributed by atoms with van der Waals surface area (Å²) in [6.07, 6.45) is 0. The van der Waals surface area contributed by atoms with Crippen LogP contribution in [0.5, 0.6) is 0 Å². The van der Waals surface area contributed by atoms with Gasteiger partial charge in [0, 0.05) is 15.6 Å². The molecular weight excluding hydrogens is 337 g/mol. The number of hydrogen-bond donors (Lipinski definition) is 1. The molecule has 1 N–H and O–H groups in total. The Hall–Kier alpha value is -1.98. The van der Waals surface area contributed by atoms with Crippen molar-refractivity contribution in [3.63, 3.8) is 0 Å². The largest absolute Gasteiger partial charge is 0.391 e. The normalized spacial score (nSPS) is 10.8. The Morgan fingerprint density at radius 1 is 1.10 bits per heavy atom. The predicted molar refractivity (Wildman–Crippen MR) is 81.0 cm³/mol. The third-order valence-corrected chi connectivity index (χ3v) is 3.64. The molecule has 0 atom stereocenters. The van der Waals surface area contributed by atoms with Crippen LogP contribution in [-0.2, 0) is 6.61 Å². The fourth-order valence-corrected chi connectivity index (χ4v) is 2.55. The molecule has 0 radical (unpaired) electrons. The molecule has 0 saturated heterocycles. The van der Waals surface area contributed by atoms with Crippen molar-refractivity contribution >= 4 is 15.9 Å². The van der Waals surface area contributed by atoms with Gasteiger partial charge in [-0.05, 0) is 36.4 Å². The molecule has 21 heavy (non-hydrogen) atoms. The van der Waals surface area contributed by atoms with Crippen molar-refractivity contribution in [2.24, 2.45) is 0 Å². The topological polar surface area (TPSA) is 46.3 Å². The number of nitrogens with zero attached hydrogens (tertiary/aromatic N) is 1. The molecule has 0 amide bonds. The van der Waals surface area contributed by atoms with Crippen molar-refractivity contribution in [3.8, 4) is 22.6 Å². The average molecular weight is 348 g/mol. The van der Waals surface area contributed by atoms with Crippen LogP contribution in [0.25, 0.3) is 22.6 Å². The van der Waals surface area contributed by atoms with Gasteiger partial charge in [-0.2, -0.15) is 0 Å². The summed E-state index contributed by atoms with van der Waals surface area (Å²) in [4.78, 5) is 0. The first kappa shape index (κ1) is 14.0. The van der Waals surface area contributed by atoms with Crippen LogP contribution in [0.15, 0.2) is 57.5 Å². The zero-order valence-electron chi connectivity index (χ0n) is 10.9. The van der Waals surface area contributed by atoms with Crippen LogP contribution in [0, 0.1) is 5.82 Å². The Kier molecular flexibility index (Phi) is 3.86. The number of aliphatic hydroxyl groups is 1. The summed E-state index contributed by atoms with van der Waals surface area (Å²) in [6.45, 7) is -0.210. The molecule has 0 saturated carbocycles. The van der Waals surface area contributed by atoms with Gasteiger partial charge in [0.05, 0.1) is 12.2 Å². The summed E-state index contributed by atoms with van der Waals surface area (Å²) in [5.74, 6) is 0.128. The van der Waals surface area contributed by atoms with Crippen molar-refractivity contribution in [2.75, 3.05) is 0 Å². The zero-order valence-corrected chi connectivity index (χ0v) is 12.5. The summed E-state index contributed by atoms with van der Waals surface area (Å²) >= 11 is 3.40. The molecule has 0 aliphatic heterocycles. The number of hydrogen-bond acceptors (Lipinski definition) is 3. The van der Waals surface area contributed by atoms with Gasteiger partial charge in [0.25, 0.3) is 0 Å². The highest BCUT2D eigenvalue weighted by atomic mass is 79.9. The molecule has 0 spiro atoms. The summed E-state index contributed by atoms with van der Waals surface area (Å²) in [6, 6.07) is 13.5. The zero-order chi connectivity index (χ0) is 14.8. The fraction of sp³-hybridized carbons (Fsp3) is 0.0625. The third kappa shape index (κ3) is 2.75. The van der Waals surface area contributed by atoms with E-state index in [4.69, 9.17) is 4.52 Å². The molecular formula is C16H11BrFNO2. The summed E-state index contributed by atoms with van der Waals surface area (Å²) in [7, 11) is 0. The minimum absolute atomic E-state index is 0.210. The summed E-state index contributed by atoms with van der Waals surface area (Å²) in [5, 5.41) is 13.7. The third-order valence-electron chi connectivity index (χ3n) is 3.15. The average Bonchev–Trinajstić information content (AvgIpc) is 2.92. The Morgan fingerprint density at radius 3 is 2.52 bits per heavy atom. The molecule has 1 aromatic heterocycles. The van der Waals surface area contributed by atoms with Crippen LogP contribution in [0.2, 0.25) is 0 Å². The minimum atomic E-state index is -0.323. The monoisotopic (exact) mass is 347 g/mol. The maximum absolute atomic E-state index is 13.0. The Labute approximate surface area is 129 Å². The van der Waals surface area contributed by atoms with Gasteiger partial charge in [0.1, 0.15) is 11.5 Å². The maximum atomic E-state index is 13.0. The van der Waals surface area contributed by atoms with E-state index in [1.807, 2.05) is 24.3 Å². The van der Waals surface area contributed by atoms with Crippen LogP contribution in [0.4, 0.5) is 4.39 Å². The van der Waals surface area contributed by atoms with Crippen LogP contribution >= 0.6 is 15.9 Å². The van der Waals surface area contributed by atoms with Gasteiger partial charge >= 0.3 is 0 Å². The smallest absolute Gasteiger partial charge is 0.173 e. The highest BCUT2D eigenvalue weighted by molar-refractivity contribution is 9.10. The Bertz CT molecular complexity index is 768. The van der Waals surface area contributed by atoms with Crippen molar-refractivity contribution in [1.82, 2.24) is 5.16 Å². The number of halogens is 2. The number of benzene rings is 2. The lowest BCUT2D eigenvalue weighted by Crippen LogP contribution is -1.89. The van der Waals surface area contributed by atoms with Gasteiger partial charge in [-0.15, -0.1) is 0 Å². The first-order chi connectivity index (χ1) is 10.2. The molecule has 3 rings (SSSR count). The summed E-state index contributed by atoms with van der Waals surface area (Å²) in [5.41, 5.74) is 2.68. The van der Waals surface area contributed by atoms with Crippen molar-refractivity contribution in [3.05, 3.63) is 64.4 Å².